The zero-order valence-corrected chi connectivity index (χ0v) is 18.8. The van der Waals surface area contributed by atoms with E-state index in [0.717, 1.165) is 28.3 Å². The molecule has 2 fully saturated rings. The highest BCUT2D eigenvalue weighted by Crippen LogP contribution is 2.41. The Bertz CT molecular complexity index is 1170. The highest BCUT2D eigenvalue weighted by Gasteiger charge is 2.55. The van der Waals surface area contributed by atoms with E-state index in [4.69, 9.17) is 0 Å². The molecule has 1 spiro atoms. The summed E-state index contributed by atoms with van der Waals surface area (Å²) in [5.74, 6) is -0.353. The summed E-state index contributed by atoms with van der Waals surface area (Å²) in [4.78, 5) is 47.4. The second-order valence-corrected chi connectivity index (χ2v) is 9.01. The van der Waals surface area contributed by atoms with Crippen LogP contribution in [0.4, 0.5) is 23.8 Å². The summed E-state index contributed by atoms with van der Waals surface area (Å²) in [5, 5.41) is 2.82. The van der Waals surface area contributed by atoms with E-state index in [0.29, 0.717) is 51.3 Å². The molecule has 0 bridgehead atoms. The number of urea groups is 1. The van der Waals surface area contributed by atoms with Gasteiger partial charge >= 0.3 is 12.2 Å². The summed E-state index contributed by atoms with van der Waals surface area (Å²) in [6.07, 6.45) is -1.94. The van der Waals surface area contributed by atoms with Gasteiger partial charge < -0.3 is 15.1 Å². The number of nitrogens with zero attached hydrogens (tertiary/aromatic N) is 4. The Kier molecular flexibility index (Phi) is 5.65. The monoisotopic (exact) mass is 487 g/mol. The Morgan fingerprint density at radius 3 is 2.60 bits per heavy atom. The van der Waals surface area contributed by atoms with Crippen molar-refractivity contribution in [1.29, 1.82) is 0 Å². The van der Waals surface area contributed by atoms with Crippen LogP contribution in [0.25, 0.3) is 0 Å². The summed E-state index contributed by atoms with van der Waals surface area (Å²) < 4.78 is 38.4. The van der Waals surface area contributed by atoms with Gasteiger partial charge in [-0.25, -0.2) is 9.78 Å². The molecule has 11 heteroatoms. The second-order valence-electron chi connectivity index (χ2n) is 9.01. The van der Waals surface area contributed by atoms with Crippen LogP contribution in [0.15, 0.2) is 42.6 Å². The number of aryl methyl sites for hydroxylation is 1. The topological polar surface area (TPSA) is 85.8 Å². The summed E-state index contributed by atoms with van der Waals surface area (Å²) >= 11 is 0. The van der Waals surface area contributed by atoms with Gasteiger partial charge in [0.15, 0.2) is 0 Å². The molecule has 3 aliphatic rings. The van der Waals surface area contributed by atoms with Crippen molar-refractivity contribution in [3.05, 3.63) is 59.3 Å². The lowest BCUT2D eigenvalue weighted by Gasteiger charge is -2.25. The molecule has 1 unspecified atom stereocenters. The number of fused-ring (bicyclic) bond motifs is 2. The van der Waals surface area contributed by atoms with Crippen molar-refractivity contribution < 1.29 is 27.6 Å². The highest BCUT2D eigenvalue weighted by atomic mass is 19.4. The molecule has 8 nitrogen and oxygen atoms in total. The quantitative estimate of drug-likeness (QED) is 0.673. The fourth-order valence-corrected chi connectivity index (χ4v) is 5.11. The number of hydrogen-bond acceptors (Lipinski definition) is 5. The largest absolute Gasteiger partial charge is 0.417 e. The molecule has 1 aromatic heterocycles. The minimum absolute atomic E-state index is 0.305. The van der Waals surface area contributed by atoms with Gasteiger partial charge in [0.25, 0.3) is 5.91 Å². The number of carbonyl (C=O) groups is 3. The average Bonchev–Trinajstić information content (AvgIpc) is 3.17. The number of benzene rings is 1. The molecule has 5 rings (SSSR count). The molecule has 3 heterocycles. The smallest absolute Gasteiger partial charge is 0.355 e. The molecule has 4 amide bonds. The minimum Gasteiger partial charge on any atom is -0.355 e. The number of amides is 4. The van der Waals surface area contributed by atoms with E-state index in [9.17, 15) is 27.6 Å². The van der Waals surface area contributed by atoms with Gasteiger partial charge in [0.05, 0.1) is 5.56 Å². The summed E-state index contributed by atoms with van der Waals surface area (Å²) in [6, 6.07) is 9.23. The molecular formula is C24H24F3N5O3. The van der Waals surface area contributed by atoms with Gasteiger partial charge in [-0.15, -0.1) is 0 Å². The first-order chi connectivity index (χ1) is 16.7. The third-order valence-electron chi connectivity index (χ3n) is 6.96. The Morgan fingerprint density at radius 2 is 1.86 bits per heavy atom. The number of imide groups is 1. The number of hydrogen-bond donors (Lipinski definition) is 1. The number of carbonyl (C=O) groups excluding carboxylic acids is 3. The number of rotatable bonds is 3. The normalized spacial score (nSPS) is 22.4. The molecule has 1 N–H and O–H groups in total. The van der Waals surface area contributed by atoms with Crippen LogP contribution < -0.4 is 10.2 Å². The fourth-order valence-electron chi connectivity index (χ4n) is 5.11. The van der Waals surface area contributed by atoms with Crippen molar-refractivity contribution in [2.75, 3.05) is 37.6 Å². The predicted octanol–water partition coefficient (Wildman–Crippen LogP) is 2.53. The maximum Gasteiger partial charge on any atom is 0.417 e. The standard InChI is InChI=1S/C24H24F3N5O3/c25-24(26,27)17-6-7-19(28-14-17)30-10-3-11-31(13-12-30)20(33)15-32-21(34)23(29-22(32)35)9-8-16-4-1-2-5-18(16)23/h1-2,4-7,14H,3,8-13,15H2,(H,29,35). The first-order valence-corrected chi connectivity index (χ1v) is 11.5. The number of alkyl halides is 3. The lowest BCUT2D eigenvalue weighted by molar-refractivity contribution is -0.139. The van der Waals surface area contributed by atoms with Crippen LogP contribution >= 0.6 is 0 Å². The van der Waals surface area contributed by atoms with Gasteiger partial charge in [0.1, 0.15) is 17.9 Å². The molecule has 184 valence electrons. The first kappa shape index (κ1) is 23.1. The van der Waals surface area contributed by atoms with Crippen LogP contribution in [0, 0.1) is 0 Å². The van der Waals surface area contributed by atoms with E-state index in [1.54, 1.807) is 4.90 Å². The number of pyridine rings is 1. The second kappa shape index (κ2) is 8.54. The van der Waals surface area contributed by atoms with Crippen molar-refractivity contribution in [2.45, 2.75) is 31.0 Å². The number of nitrogens with one attached hydrogen (secondary N) is 1. The average molecular weight is 487 g/mol. The molecule has 2 aliphatic heterocycles. The number of anilines is 1. The Hall–Kier alpha value is -3.63. The van der Waals surface area contributed by atoms with Gasteiger partial charge in [0.2, 0.25) is 5.91 Å². The highest BCUT2D eigenvalue weighted by molar-refractivity contribution is 6.09. The van der Waals surface area contributed by atoms with E-state index < -0.39 is 29.2 Å². The maximum absolute atomic E-state index is 13.3. The summed E-state index contributed by atoms with van der Waals surface area (Å²) in [7, 11) is 0. The van der Waals surface area contributed by atoms with E-state index in [2.05, 4.69) is 10.3 Å². The number of halogens is 3. The zero-order valence-electron chi connectivity index (χ0n) is 18.8. The van der Waals surface area contributed by atoms with Crippen LogP contribution in [-0.4, -0.2) is 65.4 Å². The third-order valence-corrected chi connectivity index (χ3v) is 6.96. The fraction of sp³-hybridized carbons (Fsp3) is 0.417. The lowest BCUT2D eigenvalue weighted by atomic mass is 9.92. The van der Waals surface area contributed by atoms with Crippen molar-refractivity contribution in [1.82, 2.24) is 20.1 Å². The molecular weight excluding hydrogens is 463 g/mol. The van der Waals surface area contributed by atoms with Crippen molar-refractivity contribution in [3.8, 4) is 0 Å². The van der Waals surface area contributed by atoms with Crippen molar-refractivity contribution in [2.24, 2.45) is 0 Å². The molecule has 2 aromatic rings. The van der Waals surface area contributed by atoms with Gasteiger partial charge in [-0.2, -0.15) is 13.2 Å². The van der Waals surface area contributed by atoms with Gasteiger partial charge in [-0.05, 0) is 42.5 Å². The Morgan fingerprint density at radius 1 is 1.06 bits per heavy atom. The molecule has 1 aliphatic carbocycles. The molecule has 2 saturated heterocycles. The van der Waals surface area contributed by atoms with Gasteiger partial charge in [-0.3, -0.25) is 14.5 Å². The van der Waals surface area contributed by atoms with Crippen molar-refractivity contribution in [3.63, 3.8) is 0 Å². The molecule has 0 saturated carbocycles. The summed E-state index contributed by atoms with van der Waals surface area (Å²) in [6.45, 7) is 1.26. The molecule has 35 heavy (non-hydrogen) atoms. The van der Waals surface area contributed by atoms with E-state index in [-0.39, 0.29) is 12.5 Å². The molecule has 1 aromatic carbocycles. The Balaban J connectivity index is 1.23. The van der Waals surface area contributed by atoms with Crippen LogP contribution in [-0.2, 0) is 27.7 Å². The van der Waals surface area contributed by atoms with Crippen LogP contribution in [0.3, 0.4) is 0 Å². The predicted molar refractivity (Wildman–Crippen MR) is 119 cm³/mol. The Labute approximate surface area is 199 Å². The van der Waals surface area contributed by atoms with Crippen LogP contribution in [0.2, 0.25) is 0 Å². The maximum atomic E-state index is 13.3. The zero-order chi connectivity index (χ0) is 24.8. The van der Waals surface area contributed by atoms with Crippen LogP contribution in [0.5, 0.6) is 0 Å². The molecule has 1 atom stereocenters. The third kappa shape index (κ3) is 4.08. The van der Waals surface area contributed by atoms with E-state index in [1.807, 2.05) is 29.2 Å². The van der Waals surface area contributed by atoms with Gasteiger partial charge in [0, 0.05) is 32.4 Å². The molecule has 0 radical (unpaired) electrons. The lowest BCUT2D eigenvalue weighted by Crippen LogP contribution is -2.45. The van der Waals surface area contributed by atoms with E-state index in [1.165, 1.54) is 6.07 Å². The minimum atomic E-state index is -4.45. The first-order valence-electron chi connectivity index (χ1n) is 11.5. The van der Waals surface area contributed by atoms with Crippen LogP contribution in [0.1, 0.15) is 29.5 Å². The van der Waals surface area contributed by atoms with Gasteiger partial charge in [-0.1, -0.05) is 24.3 Å². The summed E-state index contributed by atoms with van der Waals surface area (Å²) in [5.41, 5.74) is -0.136. The number of aromatic nitrogens is 1. The SMILES string of the molecule is O=C(CN1C(=O)NC2(CCc3ccccc32)C1=O)N1CCCN(c2ccc(C(F)(F)F)cn2)CC1. The van der Waals surface area contributed by atoms with Crippen molar-refractivity contribution >= 4 is 23.7 Å². The van der Waals surface area contributed by atoms with E-state index >= 15 is 0 Å².